The van der Waals surface area contributed by atoms with Gasteiger partial charge in [-0.15, -0.1) is 0 Å². The predicted octanol–water partition coefficient (Wildman–Crippen LogP) is 3.40. The number of amides is 3. The van der Waals surface area contributed by atoms with E-state index in [2.05, 4.69) is 5.32 Å². The number of fused-ring (bicyclic) bond motifs is 1. The van der Waals surface area contributed by atoms with Crippen molar-refractivity contribution in [2.75, 3.05) is 6.54 Å². The van der Waals surface area contributed by atoms with Crippen LogP contribution in [-0.4, -0.2) is 34.5 Å². The number of imide groups is 1. The van der Waals surface area contributed by atoms with Gasteiger partial charge >= 0.3 is 12.0 Å². The summed E-state index contributed by atoms with van der Waals surface area (Å²) >= 11 is 0. The lowest BCUT2D eigenvalue weighted by atomic mass is 10.1. The average molecular weight is 402 g/mol. The van der Waals surface area contributed by atoms with E-state index in [-0.39, 0.29) is 5.70 Å². The lowest BCUT2D eigenvalue weighted by Crippen LogP contribution is -2.35. The highest BCUT2D eigenvalue weighted by molar-refractivity contribution is 6.15. The van der Waals surface area contributed by atoms with Crippen LogP contribution in [0.15, 0.2) is 72.4 Å². The van der Waals surface area contributed by atoms with Gasteiger partial charge in [-0.2, -0.15) is 0 Å². The zero-order valence-electron chi connectivity index (χ0n) is 15.9. The van der Waals surface area contributed by atoms with Crippen LogP contribution in [0.25, 0.3) is 16.8 Å². The van der Waals surface area contributed by atoms with E-state index in [9.17, 15) is 14.4 Å². The number of hydrogen-bond acceptors (Lipinski definition) is 4. The molecule has 1 aliphatic rings. The zero-order valence-corrected chi connectivity index (χ0v) is 15.9. The molecule has 2 N–H and O–H groups in total. The van der Waals surface area contributed by atoms with Gasteiger partial charge in [0.25, 0.3) is 5.91 Å². The van der Waals surface area contributed by atoms with Crippen LogP contribution < -0.4 is 10.1 Å². The summed E-state index contributed by atoms with van der Waals surface area (Å²) in [6.07, 6.45) is 1.49. The summed E-state index contributed by atoms with van der Waals surface area (Å²) in [6, 6.07) is 20.4. The fraction of sp³-hybridized carbons (Fsp3) is 0.0870. The number of urea groups is 1. The van der Waals surface area contributed by atoms with Gasteiger partial charge in [0, 0.05) is 5.56 Å². The van der Waals surface area contributed by atoms with Gasteiger partial charge in [-0.25, -0.2) is 9.69 Å². The van der Waals surface area contributed by atoms with Crippen molar-refractivity contribution < 1.29 is 24.2 Å². The second-order valence-corrected chi connectivity index (χ2v) is 6.74. The first-order valence-electron chi connectivity index (χ1n) is 9.28. The maximum atomic E-state index is 12.4. The van der Waals surface area contributed by atoms with Crippen molar-refractivity contribution in [1.29, 1.82) is 0 Å². The van der Waals surface area contributed by atoms with E-state index in [1.807, 2.05) is 48.5 Å². The zero-order chi connectivity index (χ0) is 21.1. The Morgan fingerprint density at radius 2 is 1.73 bits per heavy atom. The van der Waals surface area contributed by atoms with Gasteiger partial charge in [0.1, 0.15) is 24.6 Å². The summed E-state index contributed by atoms with van der Waals surface area (Å²) in [5.74, 6) is -1.42. The Morgan fingerprint density at radius 1 is 1.00 bits per heavy atom. The molecule has 0 aliphatic carbocycles. The van der Waals surface area contributed by atoms with Crippen LogP contribution in [0.5, 0.6) is 5.75 Å². The number of hydrogen-bond donors (Lipinski definition) is 2. The van der Waals surface area contributed by atoms with Crippen molar-refractivity contribution in [1.82, 2.24) is 10.2 Å². The minimum Gasteiger partial charge on any atom is -0.488 e. The molecule has 3 aromatic carbocycles. The molecule has 0 saturated carbocycles. The summed E-state index contributed by atoms with van der Waals surface area (Å²) in [4.78, 5) is 35.8. The van der Waals surface area contributed by atoms with Gasteiger partial charge in [0.2, 0.25) is 0 Å². The standard InChI is InChI=1S/C23H18N2O5/c26-21(27)13-25-22(28)19(24-23(25)29)12-16-7-2-4-11-20(16)30-14-17-9-5-8-15-6-1-3-10-18(15)17/h1-12H,13-14H2,(H,24,29)(H,26,27)/b19-12+. The smallest absolute Gasteiger partial charge is 0.329 e. The Balaban J connectivity index is 1.57. The van der Waals surface area contributed by atoms with E-state index in [0.29, 0.717) is 22.8 Å². The number of carboxylic acid groups (broad SMARTS) is 1. The molecule has 1 fully saturated rings. The van der Waals surface area contributed by atoms with E-state index in [4.69, 9.17) is 9.84 Å². The van der Waals surface area contributed by atoms with Gasteiger partial charge in [0.15, 0.2) is 0 Å². The molecule has 1 heterocycles. The normalized spacial score (nSPS) is 14.9. The van der Waals surface area contributed by atoms with Crippen molar-refractivity contribution in [2.45, 2.75) is 6.61 Å². The Hall–Kier alpha value is -4.13. The number of carbonyl (C=O) groups is 3. The fourth-order valence-corrected chi connectivity index (χ4v) is 3.31. The summed E-state index contributed by atoms with van der Waals surface area (Å²) in [5, 5.41) is 13.5. The Bertz CT molecular complexity index is 1180. The van der Waals surface area contributed by atoms with E-state index in [1.165, 1.54) is 6.08 Å². The first-order valence-corrected chi connectivity index (χ1v) is 9.28. The molecule has 7 heteroatoms. The van der Waals surface area contributed by atoms with Crippen LogP contribution in [0.1, 0.15) is 11.1 Å². The van der Waals surface area contributed by atoms with E-state index in [0.717, 1.165) is 16.3 Å². The third-order valence-electron chi connectivity index (χ3n) is 4.74. The molecule has 0 aromatic heterocycles. The predicted molar refractivity (Wildman–Crippen MR) is 111 cm³/mol. The highest BCUT2D eigenvalue weighted by Gasteiger charge is 2.35. The fourth-order valence-electron chi connectivity index (χ4n) is 3.31. The molecule has 0 unspecified atom stereocenters. The number of carboxylic acids is 1. The number of rotatable bonds is 6. The first-order chi connectivity index (χ1) is 14.5. The molecular weight excluding hydrogens is 384 g/mol. The molecule has 1 saturated heterocycles. The van der Waals surface area contributed by atoms with Crippen molar-refractivity contribution in [3.8, 4) is 5.75 Å². The number of nitrogens with one attached hydrogen (secondary N) is 1. The van der Waals surface area contributed by atoms with E-state index in [1.54, 1.807) is 18.2 Å². The van der Waals surface area contributed by atoms with Crippen molar-refractivity contribution in [2.24, 2.45) is 0 Å². The molecule has 150 valence electrons. The minimum atomic E-state index is -1.27. The summed E-state index contributed by atoms with van der Waals surface area (Å²) in [7, 11) is 0. The number of ether oxygens (including phenoxy) is 1. The van der Waals surface area contributed by atoms with Gasteiger partial charge < -0.3 is 15.2 Å². The molecule has 3 aromatic rings. The maximum absolute atomic E-state index is 12.4. The average Bonchev–Trinajstić information content (AvgIpc) is 3.00. The van der Waals surface area contributed by atoms with Crippen molar-refractivity contribution in [3.05, 3.63) is 83.6 Å². The largest absolute Gasteiger partial charge is 0.488 e. The topological polar surface area (TPSA) is 95.9 Å². The van der Waals surface area contributed by atoms with Gasteiger partial charge in [-0.1, -0.05) is 60.7 Å². The Kier molecular flexibility index (Phi) is 5.17. The van der Waals surface area contributed by atoms with Crippen LogP contribution in [0.3, 0.4) is 0 Å². The Labute approximate surface area is 172 Å². The number of carbonyl (C=O) groups excluding carboxylic acids is 2. The molecule has 7 nitrogen and oxygen atoms in total. The molecule has 0 radical (unpaired) electrons. The lowest BCUT2D eigenvalue weighted by Gasteiger charge is -2.11. The van der Waals surface area contributed by atoms with Gasteiger partial charge in [-0.05, 0) is 28.5 Å². The van der Waals surface area contributed by atoms with E-state index < -0.39 is 24.5 Å². The molecule has 30 heavy (non-hydrogen) atoms. The number of benzene rings is 3. The summed E-state index contributed by atoms with van der Waals surface area (Å²) in [5.41, 5.74) is 1.62. The SMILES string of the molecule is O=C(O)CN1C(=O)N/C(=C/c2ccccc2OCc2cccc3ccccc23)C1=O. The number of nitrogens with zero attached hydrogens (tertiary/aromatic N) is 1. The van der Waals surface area contributed by atoms with Crippen LogP contribution in [-0.2, 0) is 16.2 Å². The van der Waals surface area contributed by atoms with Gasteiger partial charge in [0.05, 0.1) is 0 Å². The highest BCUT2D eigenvalue weighted by Crippen LogP contribution is 2.25. The van der Waals surface area contributed by atoms with Crippen LogP contribution in [0, 0.1) is 0 Å². The first kappa shape index (κ1) is 19.2. The lowest BCUT2D eigenvalue weighted by molar-refractivity contribution is -0.140. The monoisotopic (exact) mass is 402 g/mol. The molecule has 4 rings (SSSR count). The van der Waals surface area contributed by atoms with Crippen molar-refractivity contribution >= 4 is 34.8 Å². The molecule has 3 amide bonds. The molecule has 0 bridgehead atoms. The van der Waals surface area contributed by atoms with Crippen molar-refractivity contribution in [3.63, 3.8) is 0 Å². The van der Waals surface area contributed by atoms with Gasteiger partial charge in [-0.3, -0.25) is 9.59 Å². The third kappa shape index (κ3) is 3.86. The summed E-state index contributed by atoms with van der Waals surface area (Å²) in [6.45, 7) is -0.367. The third-order valence-corrected chi connectivity index (χ3v) is 4.74. The van der Waals surface area contributed by atoms with Crippen LogP contribution in [0.2, 0.25) is 0 Å². The van der Waals surface area contributed by atoms with Crippen LogP contribution >= 0.6 is 0 Å². The second kappa shape index (κ2) is 8.08. The number of para-hydroxylation sites is 1. The molecular formula is C23H18N2O5. The molecule has 0 spiro atoms. The Morgan fingerprint density at radius 3 is 2.57 bits per heavy atom. The number of aliphatic carboxylic acids is 1. The molecule has 0 atom stereocenters. The summed E-state index contributed by atoms with van der Waals surface area (Å²) < 4.78 is 6.02. The second-order valence-electron chi connectivity index (χ2n) is 6.74. The van der Waals surface area contributed by atoms with Crippen LogP contribution in [0.4, 0.5) is 4.79 Å². The van der Waals surface area contributed by atoms with E-state index >= 15 is 0 Å². The highest BCUT2D eigenvalue weighted by atomic mass is 16.5. The molecule has 1 aliphatic heterocycles. The quantitative estimate of drug-likeness (QED) is 0.487. The minimum absolute atomic E-state index is 0.00228. The maximum Gasteiger partial charge on any atom is 0.329 e.